The number of nitro benzene ring substituents is 1. The normalized spacial score (nSPS) is 9.94. The Morgan fingerprint density at radius 1 is 1.56 bits per heavy atom. The van der Waals surface area contributed by atoms with Crippen molar-refractivity contribution in [1.82, 2.24) is 5.32 Å². The Morgan fingerprint density at radius 3 is 2.78 bits per heavy atom. The topological polar surface area (TPSA) is 84.3 Å². The fourth-order valence-corrected chi connectivity index (χ4v) is 1.42. The first-order valence-electron chi connectivity index (χ1n) is 5.09. The Hall–Kier alpha value is -1.89. The molecule has 0 aliphatic rings. The molecule has 0 aliphatic carbocycles. The highest BCUT2D eigenvalue weighted by molar-refractivity contribution is 6.31. The molecule has 1 amide bonds. The summed E-state index contributed by atoms with van der Waals surface area (Å²) in [5.41, 5.74) is -0.473. The average molecular weight is 276 g/mol. The summed E-state index contributed by atoms with van der Waals surface area (Å²) in [6.45, 7) is 2.00. The summed E-state index contributed by atoms with van der Waals surface area (Å²) in [7, 11) is 0. The van der Waals surface area contributed by atoms with E-state index in [1.54, 1.807) is 6.92 Å². The lowest BCUT2D eigenvalue weighted by molar-refractivity contribution is -0.384. The minimum Gasteiger partial charge on any atom is -0.370 e. The zero-order valence-electron chi connectivity index (χ0n) is 9.50. The second-order valence-electron chi connectivity index (χ2n) is 3.35. The van der Waals surface area contributed by atoms with Gasteiger partial charge in [-0.2, -0.15) is 0 Å². The Bertz CT molecular complexity index is 482. The molecule has 1 rings (SSSR count). The highest BCUT2D eigenvalue weighted by atomic mass is 35.5. The fourth-order valence-electron chi connectivity index (χ4n) is 1.26. The molecule has 18 heavy (non-hydrogen) atoms. The number of benzene rings is 1. The molecule has 0 aliphatic heterocycles. The standard InChI is InChI=1S/C10H11ClFN3O3/c1-2-13-10(16)5-14-8-4-7(12)6(11)3-9(8)15(17)18/h3-4,14H,2,5H2,1H3,(H,13,16). The van der Waals surface area contributed by atoms with Crippen molar-refractivity contribution in [2.24, 2.45) is 0 Å². The molecule has 0 atom stereocenters. The fraction of sp³-hybridized carbons (Fsp3) is 0.300. The van der Waals surface area contributed by atoms with E-state index in [9.17, 15) is 19.3 Å². The van der Waals surface area contributed by atoms with Crippen molar-refractivity contribution in [2.45, 2.75) is 6.92 Å². The van der Waals surface area contributed by atoms with Gasteiger partial charge in [-0.1, -0.05) is 11.6 Å². The van der Waals surface area contributed by atoms with E-state index in [1.165, 1.54) is 0 Å². The van der Waals surface area contributed by atoms with Gasteiger partial charge in [-0.15, -0.1) is 0 Å². The Labute approximate surface area is 107 Å². The SMILES string of the molecule is CCNC(=O)CNc1cc(F)c(Cl)cc1[N+](=O)[O-]. The highest BCUT2D eigenvalue weighted by Gasteiger charge is 2.18. The van der Waals surface area contributed by atoms with Crippen LogP contribution < -0.4 is 10.6 Å². The molecule has 0 saturated heterocycles. The number of likely N-dealkylation sites (N-methyl/N-ethyl adjacent to an activating group) is 1. The smallest absolute Gasteiger partial charge is 0.294 e. The molecule has 6 nitrogen and oxygen atoms in total. The number of halogens is 2. The van der Waals surface area contributed by atoms with Crippen LogP contribution in [0, 0.1) is 15.9 Å². The molecule has 0 fully saturated rings. The number of nitrogens with one attached hydrogen (secondary N) is 2. The molecule has 1 aromatic rings. The van der Waals surface area contributed by atoms with Crippen LogP contribution in [-0.2, 0) is 4.79 Å². The van der Waals surface area contributed by atoms with E-state index >= 15 is 0 Å². The molecule has 8 heteroatoms. The quantitative estimate of drug-likeness (QED) is 0.635. The molecule has 0 aromatic heterocycles. The first-order chi connectivity index (χ1) is 8.45. The lowest BCUT2D eigenvalue weighted by atomic mass is 10.2. The summed E-state index contributed by atoms with van der Waals surface area (Å²) in [5, 5.41) is 15.4. The first kappa shape index (κ1) is 14.2. The summed E-state index contributed by atoms with van der Waals surface area (Å²) >= 11 is 5.46. The van der Waals surface area contributed by atoms with E-state index in [-0.39, 0.29) is 28.8 Å². The van der Waals surface area contributed by atoms with Gasteiger partial charge in [0.1, 0.15) is 11.5 Å². The lowest BCUT2D eigenvalue weighted by Gasteiger charge is -2.07. The number of hydrogen-bond donors (Lipinski definition) is 2. The monoisotopic (exact) mass is 275 g/mol. The van der Waals surface area contributed by atoms with Gasteiger partial charge in [0.05, 0.1) is 16.5 Å². The molecular formula is C10H11ClFN3O3. The number of hydrogen-bond acceptors (Lipinski definition) is 4. The van der Waals surface area contributed by atoms with Crippen molar-refractivity contribution in [2.75, 3.05) is 18.4 Å². The summed E-state index contributed by atoms with van der Waals surface area (Å²) in [5.74, 6) is -1.14. The number of carbonyl (C=O) groups is 1. The molecule has 0 unspecified atom stereocenters. The van der Waals surface area contributed by atoms with Crippen LogP contribution in [0.2, 0.25) is 5.02 Å². The summed E-state index contributed by atoms with van der Waals surface area (Å²) in [6, 6.07) is 1.79. The predicted molar refractivity (Wildman–Crippen MR) is 65.2 cm³/mol. The third-order valence-electron chi connectivity index (χ3n) is 2.05. The zero-order chi connectivity index (χ0) is 13.7. The van der Waals surface area contributed by atoms with E-state index in [4.69, 9.17) is 11.6 Å². The summed E-state index contributed by atoms with van der Waals surface area (Å²) < 4.78 is 13.2. The minimum absolute atomic E-state index is 0.0897. The van der Waals surface area contributed by atoms with E-state index in [2.05, 4.69) is 10.6 Å². The second-order valence-corrected chi connectivity index (χ2v) is 3.75. The first-order valence-corrected chi connectivity index (χ1v) is 5.47. The largest absolute Gasteiger partial charge is 0.370 e. The Morgan fingerprint density at radius 2 is 2.22 bits per heavy atom. The minimum atomic E-state index is -0.791. The molecule has 0 radical (unpaired) electrons. The van der Waals surface area contributed by atoms with Crippen molar-refractivity contribution in [1.29, 1.82) is 0 Å². The third kappa shape index (κ3) is 3.56. The van der Waals surface area contributed by atoms with Crippen molar-refractivity contribution < 1.29 is 14.1 Å². The molecule has 2 N–H and O–H groups in total. The second kappa shape index (κ2) is 6.15. The maximum absolute atomic E-state index is 13.2. The molecular weight excluding hydrogens is 265 g/mol. The Kier molecular flexibility index (Phi) is 4.85. The summed E-state index contributed by atoms with van der Waals surface area (Å²) in [4.78, 5) is 21.2. The van der Waals surface area contributed by atoms with Gasteiger partial charge in [0.25, 0.3) is 5.69 Å². The van der Waals surface area contributed by atoms with Gasteiger partial charge >= 0.3 is 0 Å². The molecule has 0 saturated carbocycles. The van der Waals surface area contributed by atoms with Gasteiger partial charge in [0.2, 0.25) is 5.91 Å². The molecule has 98 valence electrons. The average Bonchev–Trinajstić information content (AvgIpc) is 2.30. The van der Waals surface area contributed by atoms with Crippen LogP contribution in [0.3, 0.4) is 0 Å². The zero-order valence-corrected chi connectivity index (χ0v) is 10.3. The van der Waals surface area contributed by atoms with Crippen molar-refractivity contribution in [3.8, 4) is 0 Å². The molecule has 0 bridgehead atoms. The predicted octanol–water partition coefficient (Wildman–Crippen LogP) is 1.94. The molecule has 1 aromatic carbocycles. The lowest BCUT2D eigenvalue weighted by Crippen LogP contribution is -2.29. The number of amides is 1. The Balaban J connectivity index is 2.90. The number of anilines is 1. The van der Waals surface area contributed by atoms with Gasteiger partial charge in [-0.3, -0.25) is 14.9 Å². The van der Waals surface area contributed by atoms with E-state index in [0.29, 0.717) is 6.54 Å². The van der Waals surface area contributed by atoms with Crippen LogP contribution >= 0.6 is 11.6 Å². The van der Waals surface area contributed by atoms with Crippen molar-refractivity contribution in [3.63, 3.8) is 0 Å². The molecule has 0 spiro atoms. The van der Waals surface area contributed by atoms with E-state index < -0.39 is 10.7 Å². The maximum atomic E-state index is 13.2. The van der Waals surface area contributed by atoms with Gasteiger partial charge < -0.3 is 10.6 Å². The van der Waals surface area contributed by atoms with Crippen LogP contribution in [-0.4, -0.2) is 23.9 Å². The van der Waals surface area contributed by atoms with Gasteiger partial charge in [0.15, 0.2) is 0 Å². The highest BCUT2D eigenvalue weighted by Crippen LogP contribution is 2.30. The maximum Gasteiger partial charge on any atom is 0.294 e. The number of nitro groups is 1. The third-order valence-corrected chi connectivity index (χ3v) is 2.34. The van der Waals surface area contributed by atoms with Gasteiger partial charge in [0, 0.05) is 18.7 Å². The van der Waals surface area contributed by atoms with Gasteiger partial charge in [-0.05, 0) is 6.92 Å². The van der Waals surface area contributed by atoms with Crippen LogP contribution in [0.1, 0.15) is 6.92 Å². The van der Waals surface area contributed by atoms with Crippen LogP contribution in [0.25, 0.3) is 0 Å². The van der Waals surface area contributed by atoms with Crippen LogP contribution in [0.5, 0.6) is 0 Å². The summed E-state index contributed by atoms with van der Waals surface area (Å²) in [6.07, 6.45) is 0. The number of rotatable bonds is 5. The van der Waals surface area contributed by atoms with Crippen molar-refractivity contribution >= 4 is 28.9 Å². The van der Waals surface area contributed by atoms with E-state index in [1.807, 2.05) is 0 Å². The van der Waals surface area contributed by atoms with Crippen LogP contribution in [0.4, 0.5) is 15.8 Å². The van der Waals surface area contributed by atoms with Crippen molar-refractivity contribution in [3.05, 3.63) is 33.1 Å². The van der Waals surface area contributed by atoms with Gasteiger partial charge in [-0.25, -0.2) is 4.39 Å². The van der Waals surface area contributed by atoms with E-state index in [0.717, 1.165) is 12.1 Å². The number of nitrogens with zero attached hydrogens (tertiary/aromatic N) is 1. The molecule has 0 heterocycles. The number of carbonyl (C=O) groups excluding carboxylic acids is 1. The van der Waals surface area contributed by atoms with Crippen LogP contribution in [0.15, 0.2) is 12.1 Å².